The highest BCUT2D eigenvalue weighted by atomic mass is 32.1. The van der Waals surface area contributed by atoms with E-state index in [2.05, 4.69) is 10.3 Å². The van der Waals surface area contributed by atoms with E-state index in [4.69, 9.17) is 9.47 Å². The van der Waals surface area contributed by atoms with Crippen LogP contribution in [-0.2, 0) is 19.7 Å². The van der Waals surface area contributed by atoms with Gasteiger partial charge in [0.1, 0.15) is 11.0 Å². The van der Waals surface area contributed by atoms with Crippen molar-refractivity contribution in [2.75, 3.05) is 32.2 Å². The molecule has 1 aromatic heterocycles. The quantitative estimate of drug-likeness (QED) is 0.832. The van der Waals surface area contributed by atoms with Gasteiger partial charge in [-0.15, -0.1) is 11.3 Å². The standard InChI is InChI=1S/C13H20N2O4S/c1-12(2,10(16)17)9-6-20-11(15-9)14-7-13(18-3)4-5-19-8-13/h6H,4-5,7-8H2,1-3H3,(H,14,15)(H,16,17). The third-order valence-electron chi connectivity index (χ3n) is 3.74. The monoisotopic (exact) mass is 300 g/mol. The number of aliphatic carboxylic acids is 1. The summed E-state index contributed by atoms with van der Waals surface area (Å²) in [6.45, 7) is 5.16. The Morgan fingerprint density at radius 1 is 1.70 bits per heavy atom. The van der Waals surface area contributed by atoms with E-state index in [1.807, 2.05) is 0 Å². The van der Waals surface area contributed by atoms with Crippen LogP contribution in [0, 0.1) is 0 Å². The second-order valence-electron chi connectivity index (χ2n) is 5.51. The lowest BCUT2D eigenvalue weighted by Gasteiger charge is -2.25. The Hall–Kier alpha value is -1.18. The molecule has 0 amide bonds. The zero-order valence-corrected chi connectivity index (χ0v) is 12.7. The first kappa shape index (κ1) is 15.2. The van der Waals surface area contributed by atoms with Gasteiger partial charge in [-0.1, -0.05) is 0 Å². The van der Waals surface area contributed by atoms with Gasteiger partial charge in [0.05, 0.1) is 12.3 Å². The lowest BCUT2D eigenvalue weighted by molar-refractivity contribution is -0.142. The van der Waals surface area contributed by atoms with Crippen molar-refractivity contribution in [1.82, 2.24) is 4.98 Å². The molecular formula is C13H20N2O4S. The van der Waals surface area contributed by atoms with Crippen LogP contribution < -0.4 is 5.32 Å². The zero-order chi connectivity index (χ0) is 14.8. The number of carbonyl (C=O) groups is 1. The molecule has 0 aliphatic carbocycles. The lowest BCUT2D eigenvalue weighted by Crippen LogP contribution is -2.39. The minimum Gasteiger partial charge on any atom is -0.481 e. The Morgan fingerprint density at radius 3 is 3.00 bits per heavy atom. The van der Waals surface area contributed by atoms with Crippen LogP contribution in [0.25, 0.3) is 0 Å². The smallest absolute Gasteiger partial charge is 0.315 e. The summed E-state index contributed by atoms with van der Waals surface area (Å²) in [5, 5.41) is 14.9. The molecule has 20 heavy (non-hydrogen) atoms. The Labute approximate surface area is 122 Å². The normalized spacial score (nSPS) is 22.9. The van der Waals surface area contributed by atoms with Crippen LogP contribution in [0.3, 0.4) is 0 Å². The number of hydrogen-bond acceptors (Lipinski definition) is 6. The minimum absolute atomic E-state index is 0.311. The Kier molecular flexibility index (Phi) is 4.31. The number of methoxy groups -OCH3 is 1. The van der Waals surface area contributed by atoms with Gasteiger partial charge in [-0.25, -0.2) is 4.98 Å². The van der Waals surface area contributed by atoms with E-state index in [0.717, 1.165) is 6.42 Å². The SMILES string of the molecule is COC1(CNc2nc(C(C)(C)C(=O)O)cs2)CCOC1. The third-order valence-corrected chi connectivity index (χ3v) is 4.54. The van der Waals surface area contributed by atoms with Gasteiger partial charge < -0.3 is 19.9 Å². The van der Waals surface area contributed by atoms with Crippen LogP contribution in [0.15, 0.2) is 5.38 Å². The van der Waals surface area contributed by atoms with Gasteiger partial charge in [0.2, 0.25) is 0 Å². The van der Waals surface area contributed by atoms with Gasteiger partial charge in [-0.3, -0.25) is 4.79 Å². The van der Waals surface area contributed by atoms with Crippen molar-refractivity contribution in [2.24, 2.45) is 0 Å². The molecule has 1 unspecified atom stereocenters. The van der Waals surface area contributed by atoms with Crippen molar-refractivity contribution < 1.29 is 19.4 Å². The number of ether oxygens (including phenoxy) is 2. The Balaban J connectivity index is 2.01. The van der Waals surface area contributed by atoms with Crippen molar-refractivity contribution in [3.63, 3.8) is 0 Å². The number of aromatic nitrogens is 1. The summed E-state index contributed by atoms with van der Waals surface area (Å²) in [5.41, 5.74) is -0.730. The average molecular weight is 300 g/mol. The van der Waals surface area contributed by atoms with E-state index in [9.17, 15) is 9.90 Å². The first-order valence-electron chi connectivity index (χ1n) is 6.46. The van der Waals surface area contributed by atoms with Crippen LogP contribution in [0.4, 0.5) is 5.13 Å². The van der Waals surface area contributed by atoms with Crippen molar-refractivity contribution in [3.8, 4) is 0 Å². The second-order valence-corrected chi connectivity index (χ2v) is 6.37. The minimum atomic E-state index is -0.980. The van der Waals surface area contributed by atoms with E-state index in [0.29, 0.717) is 30.6 Å². The largest absolute Gasteiger partial charge is 0.481 e. The maximum Gasteiger partial charge on any atom is 0.315 e. The van der Waals surface area contributed by atoms with E-state index in [1.54, 1.807) is 26.3 Å². The molecule has 1 fully saturated rings. The fraction of sp³-hybridized carbons (Fsp3) is 0.692. The Bertz CT molecular complexity index is 480. The summed E-state index contributed by atoms with van der Waals surface area (Å²) in [6, 6.07) is 0. The molecule has 2 rings (SSSR count). The molecule has 1 aliphatic heterocycles. The Morgan fingerprint density at radius 2 is 2.45 bits per heavy atom. The van der Waals surface area contributed by atoms with Crippen LogP contribution in [-0.4, -0.2) is 48.5 Å². The number of nitrogens with one attached hydrogen (secondary N) is 1. The molecule has 0 aromatic carbocycles. The van der Waals surface area contributed by atoms with Crippen LogP contribution in [0.1, 0.15) is 26.0 Å². The molecule has 1 aromatic rings. The number of thiazole rings is 1. The number of carboxylic acids is 1. The highest BCUT2D eigenvalue weighted by molar-refractivity contribution is 7.13. The first-order chi connectivity index (χ1) is 9.39. The summed E-state index contributed by atoms with van der Waals surface area (Å²) < 4.78 is 10.9. The summed E-state index contributed by atoms with van der Waals surface area (Å²) in [5.74, 6) is -0.882. The molecule has 7 heteroatoms. The zero-order valence-electron chi connectivity index (χ0n) is 11.9. The molecule has 0 radical (unpaired) electrons. The molecular weight excluding hydrogens is 280 g/mol. The average Bonchev–Trinajstić information content (AvgIpc) is 3.06. The second kappa shape index (κ2) is 5.67. The van der Waals surface area contributed by atoms with Crippen LogP contribution in [0.2, 0.25) is 0 Å². The van der Waals surface area contributed by atoms with Gasteiger partial charge in [-0.2, -0.15) is 0 Å². The third kappa shape index (κ3) is 2.94. The van der Waals surface area contributed by atoms with Crippen LogP contribution >= 0.6 is 11.3 Å². The molecule has 0 saturated carbocycles. The van der Waals surface area contributed by atoms with E-state index < -0.39 is 11.4 Å². The highest BCUT2D eigenvalue weighted by Gasteiger charge is 2.35. The van der Waals surface area contributed by atoms with Gasteiger partial charge in [0.15, 0.2) is 5.13 Å². The summed E-state index contributed by atoms with van der Waals surface area (Å²) in [4.78, 5) is 15.6. The first-order valence-corrected chi connectivity index (χ1v) is 7.34. The number of nitrogens with zero attached hydrogens (tertiary/aromatic N) is 1. The number of rotatable bonds is 6. The molecule has 112 valence electrons. The highest BCUT2D eigenvalue weighted by Crippen LogP contribution is 2.29. The van der Waals surface area contributed by atoms with Crippen molar-refractivity contribution in [1.29, 1.82) is 0 Å². The van der Waals surface area contributed by atoms with E-state index in [-0.39, 0.29) is 5.60 Å². The maximum absolute atomic E-state index is 11.2. The number of anilines is 1. The molecule has 1 saturated heterocycles. The van der Waals surface area contributed by atoms with Crippen molar-refractivity contribution in [3.05, 3.63) is 11.1 Å². The molecule has 2 heterocycles. The predicted octanol–water partition coefficient (Wildman–Crippen LogP) is 1.72. The van der Waals surface area contributed by atoms with Crippen molar-refractivity contribution in [2.45, 2.75) is 31.3 Å². The molecule has 2 N–H and O–H groups in total. The van der Waals surface area contributed by atoms with E-state index in [1.165, 1.54) is 11.3 Å². The topological polar surface area (TPSA) is 80.7 Å². The molecule has 1 aliphatic rings. The molecule has 1 atom stereocenters. The molecule has 0 spiro atoms. The van der Waals surface area contributed by atoms with Crippen LogP contribution in [0.5, 0.6) is 0 Å². The fourth-order valence-electron chi connectivity index (χ4n) is 1.95. The van der Waals surface area contributed by atoms with Gasteiger partial charge in [0.25, 0.3) is 0 Å². The molecule has 6 nitrogen and oxygen atoms in total. The summed E-state index contributed by atoms with van der Waals surface area (Å²) in [6.07, 6.45) is 0.843. The number of hydrogen-bond donors (Lipinski definition) is 2. The van der Waals surface area contributed by atoms with Crippen molar-refractivity contribution >= 4 is 22.4 Å². The van der Waals surface area contributed by atoms with Gasteiger partial charge in [0, 0.05) is 32.1 Å². The maximum atomic E-state index is 11.2. The van der Waals surface area contributed by atoms with E-state index >= 15 is 0 Å². The van der Waals surface area contributed by atoms with Gasteiger partial charge in [-0.05, 0) is 13.8 Å². The van der Waals surface area contributed by atoms with Gasteiger partial charge >= 0.3 is 5.97 Å². The lowest BCUT2D eigenvalue weighted by atomic mass is 9.90. The molecule has 0 bridgehead atoms. The summed E-state index contributed by atoms with van der Waals surface area (Å²) in [7, 11) is 1.68. The summed E-state index contributed by atoms with van der Waals surface area (Å²) >= 11 is 1.40. The number of carboxylic acid groups (broad SMARTS) is 1. The predicted molar refractivity (Wildman–Crippen MR) is 76.4 cm³/mol. The fourth-order valence-corrected chi connectivity index (χ4v) is 2.83.